The third-order valence-electron chi connectivity index (χ3n) is 32.8. The Morgan fingerprint density at radius 2 is 1.01 bits per heavy atom. The molecule has 44 heteroatoms. The van der Waals surface area contributed by atoms with Gasteiger partial charge in [-0.05, 0) is 137 Å². The predicted molar refractivity (Wildman–Crippen MR) is 454 cm³/mol. The van der Waals surface area contributed by atoms with E-state index in [0.29, 0.717) is 64.2 Å². The van der Waals surface area contributed by atoms with Crippen LogP contribution in [0.15, 0.2) is 11.6 Å². The quantitative estimate of drug-likeness (QED) is 0.0120. The van der Waals surface area contributed by atoms with Gasteiger partial charge in [-0.1, -0.05) is 105 Å². The van der Waals surface area contributed by atoms with Gasteiger partial charge in [0.1, 0.15) is 145 Å². The number of hydrogen-bond donors (Lipinski definition) is 25. The van der Waals surface area contributed by atoms with E-state index in [1.165, 1.54) is 13.8 Å². The minimum atomic E-state index is -2.26. The second kappa shape index (κ2) is 44.6. The van der Waals surface area contributed by atoms with Gasteiger partial charge in [0.15, 0.2) is 62.3 Å². The summed E-state index contributed by atoms with van der Waals surface area (Å²) in [4.78, 5) is 31.3. The van der Waals surface area contributed by atoms with Crippen LogP contribution in [0.5, 0.6) is 0 Å². The first-order valence-corrected chi connectivity index (χ1v) is 48.2. The van der Waals surface area contributed by atoms with Gasteiger partial charge in [0.05, 0.1) is 89.0 Å². The Morgan fingerprint density at radius 1 is 0.459 bits per heavy atom. The standard InChI is InChI=1S/C91H152O44/c1-39-54(100)59(105)65(111)77(124-39)119-28-18-14-10-11-15-19-42(95)20-16-12-13-17-21-45(96)75(116)130-70-41(3)126-82(72(71(70)132-80-66(112)60(106)56(102)48(32-92)127-80)133-79-68(114)62(108)69(40(2)125-79)131-78-64(110)58(104)50(35-122-78)129-83-73(115)90(118,37-94)38-123-83)135-84(117)91-27-26-85(4,5)29-44(91)43-22-23-52-86(6)30-46(97)74(87(7,36-93)51(86)24-25-88(52,8)89(43,9)31-53(91)99)134-81-67(113)61(107)57(103)49(128-81)34-121-76-63(109)55(101)47(98)33-120-76/h22,39-42,44-74,76-83,92-115,118H,10-21,23-38H2,1-9H3/t39-,40-,41+,42?,44-,45?,46-,47-,48+,49+,50+,51+,52+,53+,54-,55-,56+,57+,58-,59+,60-,61-,62-,63+,64+,65+,66+,67+,68+,69-,70-,71-,72+,73-,74-,76-,77+,78-,79-,80-,81-,82-,83-,86-,87-,88+,89+,90+,91+/m0/s1. The van der Waals surface area contributed by atoms with E-state index in [1.807, 2.05) is 20.8 Å². The summed E-state index contributed by atoms with van der Waals surface area (Å²) in [6.45, 7) is 12.1. The molecule has 8 heterocycles. The molecule has 12 fully saturated rings. The number of rotatable bonds is 36. The van der Waals surface area contributed by atoms with Crippen LogP contribution in [0.25, 0.3) is 0 Å². The zero-order valence-electron chi connectivity index (χ0n) is 78.1. The summed E-state index contributed by atoms with van der Waals surface area (Å²) in [7, 11) is 0. The second-order valence-corrected chi connectivity index (χ2v) is 42.3. The van der Waals surface area contributed by atoms with E-state index in [9.17, 15) is 132 Å². The lowest BCUT2D eigenvalue weighted by atomic mass is 9.33. The Labute approximate surface area is 783 Å². The zero-order valence-corrected chi connectivity index (χ0v) is 78.1. The summed E-state index contributed by atoms with van der Waals surface area (Å²) < 4.78 is 103. The molecule has 135 heavy (non-hydrogen) atoms. The summed E-state index contributed by atoms with van der Waals surface area (Å²) in [5.41, 5.74) is -7.55. The number of unbranched alkanes of at least 4 members (excludes halogenated alkanes) is 7. The maximum absolute atomic E-state index is 16.6. The summed E-state index contributed by atoms with van der Waals surface area (Å²) in [6.07, 6.45) is -56.9. The van der Waals surface area contributed by atoms with Crippen LogP contribution in [0.2, 0.25) is 0 Å². The molecule has 13 aliphatic rings. The van der Waals surface area contributed by atoms with Crippen LogP contribution in [0.3, 0.4) is 0 Å². The van der Waals surface area contributed by atoms with Crippen molar-refractivity contribution in [3.63, 3.8) is 0 Å². The topological polar surface area (TPSA) is 697 Å². The molecule has 13 rings (SSSR count). The number of aliphatic hydroxyl groups is 25. The van der Waals surface area contributed by atoms with E-state index in [4.69, 9.17) is 80.5 Å². The highest BCUT2D eigenvalue weighted by Gasteiger charge is 2.74. The van der Waals surface area contributed by atoms with Crippen LogP contribution in [0.1, 0.15) is 191 Å². The monoisotopic (exact) mass is 1950 g/mol. The summed E-state index contributed by atoms with van der Waals surface area (Å²) in [6, 6.07) is 0. The van der Waals surface area contributed by atoms with Gasteiger partial charge in [-0.3, -0.25) is 4.79 Å². The number of ether oxygens (including phenoxy) is 17. The number of esters is 2. The van der Waals surface area contributed by atoms with Gasteiger partial charge >= 0.3 is 11.9 Å². The number of aliphatic hydroxyl groups excluding tert-OH is 24. The molecule has 0 spiro atoms. The zero-order chi connectivity index (χ0) is 98.6. The molecule has 0 radical (unpaired) electrons. The summed E-state index contributed by atoms with van der Waals surface area (Å²) in [5.74, 6) is -3.91. The Hall–Kier alpha value is -2.92. The van der Waals surface area contributed by atoms with E-state index < -0.39 is 354 Å². The highest BCUT2D eigenvalue weighted by Crippen LogP contribution is 2.76. The first kappa shape index (κ1) is 109. The van der Waals surface area contributed by atoms with Crippen molar-refractivity contribution in [3.05, 3.63) is 11.6 Å². The van der Waals surface area contributed by atoms with Crippen molar-refractivity contribution in [1.82, 2.24) is 0 Å². The molecule has 8 aliphatic heterocycles. The molecule has 0 bridgehead atoms. The third kappa shape index (κ3) is 21.9. The van der Waals surface area contributed by atoms with Crippen LogP contribution in [0.4, 0.5) is 0 Å². The lowest BCUT2D eigenvalue weighted by Crippen LogP contribution is -2.71. The van der Waals surface area contributed by atoms with Crippen LogP contribution < -0.4 is 0 Å². The molecule has 780 valence electrons. The Bertz CT molecular complexity index is 3820. The Morgan fingerprint density at radius 3 is 1.67 bits per heavy atom. The molecule has 8 saturated heterocycles. The highest BCUT2D eigenvalue weighted by molar-refractivity contribution is 5.80. The fourth-order valence-electron chi connectivity index (χ4n) is 24.2. The molecule has 0 aromatic heterocycles. The third-order valence-corrected chi connectivity index (χ3v) is 32.8. The largest absolute Gasteiger partial charge is 0.455 e. The summed E-state index contributed by atoms with van der Waals surface area (Å²) >= 11 is 0. The maximum atomic E-state index is 16.6. The van der Waals surface area contributed by atoms with Gasteiger partial charge in [0.2, 0.25) is 6.29 Å². The minimum Gasteiger partial charge on any atom is -0.455 e. The van der Waals surface area contributed by atoms with Crippen LogP contribution >= 0.6 is 0 Å². The Balaban J connectivity index is 0.736. The van der Waals surface area contributed by atoms with E-state index in [0.717, 1.165) is 31.3 Å². The normalized spacial score (nSPS) is 49.9. The smallest absolute Gasteiger partial charge is 0.335 e. The van der Waals surface area contributed by atoms with Crippen molar-refractivity contribution in [1.29, 1.82) is 0 Å². The SMILES string of the molecule is C[C@@H]1O[C@@H](OCCCCCCCC(O)CCCCCCC(O)C(=O)O[C@@H]2[C@H](O[C@@H]3O[C@H](CO)[C@@H](O)[C@H](O)[C@H]3O)[C@@H](O[C@@H]3O[C@@H](C)[C@H](O[C@@H]4OC[C@@H](O[C@@H]5OC[C@](O)(CO)[C@H]5O)[C@H](O)[C@H]4O)[C@@H](O)[C@H]3O)[C@H](OC(=O)[C@]34CCC(C)(C)C[C@H]3C3=CC[C@@H]5[C@@]6(C)C[C@H](O)[C@H](O[C@@H]7O[C@H](CO[C@@H]8OC[C@H](O)[C@H](O)[C@H]8O)[C@@H](O)[C@H](O)[C@H]7O)[C@@](C)(CO)[C@@H]6CC[C@@]5(C)[C@]3(C)C[C@H]4O)O[C@@H]2C)[C@H](O)[C@H](O)[C@H]1O. The van der Waals surface area contributed by atoms with Crippen LogP contribution in [0, 0.1) is 50.2 Å². The van der Waals surface area contributed by atoms with E-state index in [1.54, 1.807) is 13.8 Å². The van der Waals surface area contributed by atoms with Gasteiger partial charge in [-0.15, -0.1) is 0 Å². The van der Waals surface area contributed by atoms with Crippen molar-refractivity contribution in [2.45, 2.75) is 442 Å². The highest BCUT2D eigenvalue weighted by atomic mass is 16.8. The molecule has 0 aromatic carbocycles. The lowest BCUT2D eigenvalue weighted by Gasteiger charge is -2.72. The molecule has 49 atom stereocenters. The van der Waals surface area contributed by atoms with Gasteiger partial charge < -0.3 is 208 Å². The van der Waals surface area contributed by atoms with E-state index in [-0.39, 0.29) is 51.0 Å². The molecule has 44 nitrogen and oxygen atoms in total. The molecular formula is C91H152O44. The average Bonchev–Trinajstić information content (AvgIpc) is 0.862. The summed E-state index contributed by atoms with van der Waals surface area (Å²) in [5, 5.41) is 279. The molecule has 0 aromatic rings. The average molecular weight is 1950 g/mol. The molecular weight excluding hydrogens is 1800 g/mol. The van der Waals surface area contributed by atoms with Gasteiger partial charge in [0, 0.05) is 12.0 Å². The molecule has 2 unspecified atom stereocenters. The lowest BCUT2D eigenvalue weighted by molar-refractivity contribution is -0.392. The van der Waals surface area contributed by atoms with Crippen molar-refractivity contribution in [2.75, 3.05) is 52.9 Å². The van der Waals surface area contributed by atoms with Crippen LogP contribution in [-0.4, -0.2) is 444 Å². The number of allylic oxidation sites excluding steroid dienone is 2. The number of carbonyl (C=O) groups is 2. The molecule has 0 amide bonds. The Kier molecular flexibility index (Phi) is 36.1. The maximum Gasteiger partial charge on any atom is 0.335 e. The van der Waals surface area contributed by atoms with E-state index >= 15 is 4.79 Å². The molecule has 5 aliphatic carbocycles. The van der Waals surface area contributed by atoms with Gasteiger partial charge in [-0.25, -0.2) is 4.79 Å². The first-order valence-electron chi connectivity index (χ1n) is 48.2. The first-order chi connectivity index (χ1) is 63.6. The molecule has 4 saturated carbocycles. The van der Waals surface area contributed by atoms with Gasteiger partial charge in [-0.2, -0.15) is 0 Å². The van der Waals surface area contributed by atoms with E-state index in [2.05, 4.69) is 19.9 Å². The second-order valence-electron chi connectivity index (χ2n) is 42.3. The number of fused-ring (bicyclic) bond motifs is 7. The van der Waals surface area contributed by atoms with Crippen molar-refractivity contribution >= 4 is 11.9 Å². The minimum absolute atomic E-state index is 0.00402. The van der Waals surface area contributed by atoms with Crippen molar-refractivity contribution in [3.8, 4) is 0 Å². The number of hydrogen-bond acceptors (Lipinski definition) is 44. The van der Waals surface area contributed by atoms with Crippen molar-refractivity contribution < 1.29 is 218 Å². The number of carbonyl (C=O) groups excluding carboxylic acids is 2. The van der Waals surface area contributed by atoms with Crippen LogP contribution in [-0.2, 0) is 90.1 Å². The molecule has 25 N–H and O–H groups in total. The van der Waals surface area contributed by atoms with Crippen molar-refractivity contribution in [2.24, 2.45) is 50.2 Å². The fourth-order valence-corrected chi connectivity index (χ4v) is 24.2. The van der Waals surface area contributed by atoms with Gasteiger partial charge in [0.25, 0.3) is 0 Å². The fraction of sp³-hybridized carbons (Fsp3) is 0.956. The predicted octanol–water partition coefficient (Wildman–Crippen LogP) is -5.88.